The van der Waals surface area contributed by atoms with E-state index < -0.39 is 11.7 Å². The zero-order valence-electron chi connectivity index (χ0n) is 20.4. The number of benzene rings is 3. The first kappa shape index (κ1) is 25.0. The molecule has 0 aromatic heterocycles. The summed E-state index contributed by atoms with van der Waals surface area (Å²) in [6.45, 7) is 3.73. The Morgan fingerprint density at radius 1 is 0.730 bits per heavy atom. The lowest BCUT2D eigenvalue weighted by Gasteiger charge is -2.18. The molecule has 5 rings (SSSR count). The summed E-state index contributed by atoms with van der Waals surface area (Å²) < 4.78 is 38.4. The molecule has 5 nitrogen and oxygen atoms in total. The summed E-state index contributed by atoms with van der Waals surface area (Å²) in [5, 5.41) is 0. The van der Waals surface area contributed by atoms with Crippen molar-refractivity contribution in [3.8, 4) is 11.1 Å². The first-order valence-electron chi connectivity index (χ1n) is 12.5. The highest BCUT2D eigenvalue weighted by Crippen LogP contribution is 2.32. The Morgan fingerprint density at radius 2 is 1.30 bits per heavy atom. The quantitative estimate of drug-likeness (QED) is 0.370. The van der Waals surface area contributed by atoms with Gasteiger partial charge in [0.1, 0.15) is 6.54 Å². The number of imide groups is 1. The largest absolute Gasteiger partial charge is 0.416 e. The summed E-state index contributed by atoms with van der Waals surface area (Å²) in [7, 11) is 0. The second kappa shape index (κ2) is 10.4. The van der Waals surface area contributed by atoms with E-state index in [1.165, 1.54) is 30.5 Å². The van der Waals surface area contributed by atoms with Gasteiger partial charge in [0, 0.05) is 13.1 Å². The molecule has 0 radical (unpaired) electrons. The molecule has 3 aromatic rings. The van der Waals surface area contributed by atoms with Crippen LogP contribution in [0.1, 0.15) is 29.5 Å². The summed E-state index contributed by atoms with van der Waals surface area (Å²) in [5.74, 6) is -0.298. The Balaban J connectivity index is 1.19. The molecule has 37 heavy (non-hydrogen) atoms. The van der Waals surface area contributed by atoms with E-state index in [9.17, 15) is 22.8 Å². The van der Waals surface area contributed by atoms with Gasteiger partial charge in [-0.1, -0.05) is 48.5 Å². The van der Waals surface area contributed by atoms with Crippen molar-refractivity contribution in [2.24, 2.45) is 0 Å². The van der Waals surface area contributed by atoms with Crippen LogP contribution in [0.3, 0.4) is 0 Å². The van der Waals surface area contributed by atoms with Crippen LogP contribution in [0, 0.1) is 0 Å². The molecule has 3 aromatic carbocycles. The lowest BCUT2D eigenvalue weighted by atomic mass is 10.0. The predicted molar refractivity (Wildman–Crippen MR) is 136 cm³/mol. The van der Waals surface area contributed by atoms with Crippen molar-refractivity contribution in [1.82, 2.24) is 9.80 Å². The third kappa shape index (κ3) is 5.69. The number of hydrogen-bond donors (Lipinski definition) is 0. The fourth-order valence-electron chi connectivity index (χ4n) is 4.91. The molecule has 0 atom stereocenters. The lowest BCUT2D eigenvalue weighted by Crippen LogP contribution is -2.34. The van der Waals surface area contributed by atoms with Gasteiger partial charge in [0.15, 0.2) is 0 Å². The first-order valence-corrected chi connectivity index (χ1v) is 12.5. The fourth-order valence-corrected chi connectivity index (χ4v) is 4.91. The molecule has 8 heteroatoms. The van der Waals surface area contributed by atoms with Crippen LogP contribution in [0.5, 0.6) is 0 Å². The number of anilines is 1. The number of carbonyl (C=O) groups excluding carboxylic acids is 2. The van der Waals surface area contributed by atoms with Crippen LogP contribution in [0.4, 0.5) is 23.7 Å². The fraction of sp³-hybridized carbons (Fsp3) is 0.310. The minimum atomic E-state index is -4.39. The molecule has 2 aliphatic heterocycles. The molecule has 2 heterocycles. The van der Waals surface area contributed by atoms with Gasteiger partial charge in [0.05, 0.1) is 11.3 Å². The third-order valence-corrected chi connectivity index (χ3v) is 7.01. The monoisotopic (exact) mass is 507 g/mol. The van der Waals surface area contributed by atoms with Crippen LogP contribution in [0.25, 0.3) is 11.1 Å². The molecule has 2 saturated heterocycles. The van der Waals surface area contributed by atoms with Crippen molar-refractivity contribution in [3.63, 3.8) is 0 Å². The zero-order valence-corrected chi connectivity index (χ0v) is 20.4. The van der Waals surface area contributed by atoms with Crippen LogP contribution in [-0.4, -0.2) is 47.9 Å². The topological polar surface area (TPSA) is 43.9 Å². The molecule has 0 unspecified atom stereocenters. The molecule has 0 bridgehead atoms. The average Bonchev–Trinajstić information content (AvgIpc) is 3.50. The number of halogens is 3. The van der Waals surface area contributed by atoms with Crippen molar-refractivity contribution < 1.29 is 22.8 Å². The number of likely N-dealkylation sites (tertiary alicyclic amines) is 1. The van der Waals surface area contributed by atoms with Crippen molar-refractivity contribution >= 4 is 17.6 Å². The standard InChI is InChI=1S/C29H28F3N3O2/c30-29(31,32)25-11-7-23(8-12-25)24-9-13-26(14-10-24)35-27(36)20-34(28(35)37)18-15-21-3-5-22(6-4-21)19-33-16-1-2-17-33/h3-14H,1-2,15-20H2. The number of hydrogen-bond acceptors (Lipinski definition) is 3. The van der Waals surface area contributed by atoms with Gasteiger partial charge in [-0.2, -0.15) is 13.2 Å². The van der Waals surface area contributed by atoms with Gasteiger partial charge in [-0.05, 0) is 78.9 Å². The van der Waals surface area contributed by atoms with E-state index in [1.807, 2.05) is 0 Å². The highest BCUT2D eigenvalue weighted by atomic mass is 19.4. The lowest BCUT2D eigenvalue weighted by molar-refractivity contribution is -0.137. The number of amides is 3. The molecule has 0 saturated carbocycles. The van der Waals surface area contributed by atoms with Gasteiger partial charge < -0.3 is 4.90 Å². The maximum absolute atomic E-state index is 13.0. The van der Waals surface area contributed by atoms with Crippen LogP contribution in [0.2, 0.25) is 0 Å². The SMILES string of the molecule is O=C1CN(CCc2ccc(CN3CCCC3)cc2)C(=O)N1c1ccc(-c2ccc(C(F)(F)F)cc2)cc1. The van der Waals surface area contributed by atoms with E-state index in [-0.39, 0.29) is 18.5 Å². The Labute approximate surface area is 214 Å². The van der Waals surface area contributed by atoms with Gasteiger partial charge >= 0.3 is 12.2 Å². The van der Waals surface area contributed by atoms with Gasteiger partial charge in [0.25, 0.3) is 5.91 Å². The van der Waals surface area contributed by atoms with Crippen LogP contribution >= 0.6 is 0 Å². The highest BCUT2D eigenvalue weighted by Gasteiger charge is 2.36. The second-order valence-electron chi connectivity index (χ2n) is 9.61. The molecular weight excluding hydrogens is 479 g/mol. The molecule has 0 N–H and O–H groups in total. The second-order valence-corrected chi connectivity index (χ2v) is 9.61. The van der Waals surface area contributed by atoms with Gasteiger partial charge in [-0.25, -0.2) is 9.69 Å². The number of alkyl halides is 3. The first-order chi connectivity index (χ1) is 17.8. The van der Waals surface area contributed by atoms with E-state index in [1.54, 1.807) is 29.2 Å². The van der Waals surface area contributed by atoms with E-state index in [0.717, 1.165) is 42.2 Å². The Kier molecular flexibility index (Phi) is 7.02. The minimum Gasteiger partial charge on any atom is -0.314 e. The van der Waals surface area contributed by atoms with Crippen LogP contribution in [0.15, 0.2) is 72.8 Å². The minimum absolute atomic E-state index is 0.0204. The molecule has 2 aliphatic rings. The van der Waals surface area contributed by atoms with Crippen molar-refractivity contribution in [2.75, 3.05) is 31.1 Å². The van der Waals surface area contributed by atoms with Crippen LogP contribution in [-0.2, 0) is 23.9 Å². The molecule has 0 spiro atoms. The molecule has 3 amide bonds. The maximum Gasteiger partial charge on any atom is 0.416 e. The predicted octanol–water partition coefficient (Wildman–Crippen LogP) is 5.98. The molecule has 0 aliphatic carbocycles. The molecular formula is C29H28F3N3O2. The van der Waals surface area contributed by atoms with E-state index >= 15 is 0 Å². The summed E-state index contributed by atoms with van der Waals surface area (Å²) in [5.41, 5.74) is 3.45. The molecule has 2 fully saturated rings. The van der Waals surface area contributed by atoms with E-state index in [2.05, 4.69) is 29.2 Å². The summed E-state index contributed by atoms with van der Waals surface area (Å²) in [6.07, 6.45) is -1.20. The normalized spacial score (nSPS) is 16.7. The van der Waals surface area contributed by atoms with Gasteiger partial charge in [-0.15, -0.1) is 0 Å². The van der Waals surface area contributed by atoms with E-state index in [4.69, 9.17) is 0 Å². The highest BCUT2D eigenvalue weighted by molar-refractivity contribution is 6.19. The number of nitrogens with zero attached hydrogens (tertiary/aromatic N) is 3. The van der Waals surface area contributed by atoms with Crippen molar-refractivity contribution in [3.05, 3.63) is 89.5 Å². The number of urea groups is 1. The Hall–Kier alpha value is -3.65. The number of rotatable bonds is 7. The van der Waals surface area contributed by atoms with E-state index in [0.29, 0.717) is 29.8 Å². The van der Waals surface area contributed by atoms with Gasteiger partial charge in [0.2, 0.25) is 0 Å². The summed E-state index contributed by atoms with van der Waals surface area (Å²) >= 11 is 0. The zero-order chi connectivity index (χ0) is 26.0. The van der Waals surface area contributed by atoms with Crippen LogP contribution < -0.4 is 4.90 Å². The summed E-state index contributed by atoms with van der Waals surface area (Å²) in [6, 6.07) is 19.7. The summed E-state index contributed by atoms with van der Waals surface area (Å²) in [4.78, 5) is 30.8. The van der Waals surface area contributed by atoms with Crippen molar-refractivity contribution in [2.45, 2.75) is 32.0 Å². The smallest absolute Gasteiger partial charge is 0.314 e. The average molecular weight is 508 g/mol. The Bertz CT molecular complexity index is 1250. The van der Waals surface area contributed by atoms with Gasteiger partial charge in [-0.3, -0.25) is 9.69 Å². The molecule has 192 valence electrons. The number of carbonyl (C=O) groups is 2. The Morgan fingerprint density at radius 3 is 1.89 bits per heavy atom. The van der Waals surface area contributed by atoms with Crippen molar-refractivity contribution in [1.29, 1.82) is 0 Å². The third-order valence-electron chi connectivity index (χ3n) is 7.01. The maximum atomic E-state index is 13.0.